The van der Waals surface area contributed by atoms with E-state index in [1.54, 1.807) is 31.2 Å². The average Bonchev–Trinajstić information content (AvgIpc) is 2.76. The molecule has 0 fully saturated rings. The summed E-state index contributed by atoms with van der Waals surface area (Å²) < 4.78 is 61.4. The van der Waals surface area contributed by atoms with Crippen LogP contribution in [-0.2, 0) is 15.7 Å². The molecule has 2 N–H and O–H groups in total. The fraction of sp³-hybridized carbons (Fsp3) is 0.333. The molecule has 10 heteroatoms. The van der Waals surface area contributed by atoms with Crippen molar-refractivity contribution in [2.75, 3.05) is 28.1 Å². The molecule has 0 aliphatic heterocycles. The van der Waals surface area contributed by atoms with Crippen molar-refractivity contribution >= 4 is 11.7 Å². The van der Waals surface area contributed by atoms with Gasteiger partial charge in [-0.1, -0.05) is 6.07 Å². The van der Waals surface area contributed by atoms with E-state index in [0.29, 0.717) is 11.3 Å². The minimum absolute atomic E-state index is 0.0872. The number of rotatable bonds is 8. The van der Waals surface area contributed by atoms with Crippen LogP contribution < -0.4 is 15.2 Å². The quantitative estimate of drug-likeness (QED) is 0.384. The zero-order chi connectivity index (χ0) is 23.0. The Morgan fingerprint density at radius 3 is 2.29 bits per heavy atom. The van der Waals surface area contributed by atoms with E-state index in [1.165, 1.54) is 33.5 Å². The second-order valence-electron chi connectivity index (χ2n) is 6.24. The van der Waals surface area contributed by atoms with Gasteiger partial charge >= 0.3 is 6.18 Å². The smallest absolute Gasteiger partial charge is 0.417 e. The maximum absolute atomic E-state index is 13.7. The van der Waals surface area contributed by atoms with Crippen molar-refractivity contribution in [1.29, 1.82) is 0 Å². The van der Waals surface area contributed by atoms with Gasteiger partial charge < -0.3 is 24.7 Å². The van der Waals surface area contributed by atoms with Crippen LogP contribution in [0.2, 0.25) is 0 Å². The fourth-order valence-electron chi connectivity index (χ4n) is 2.58. The summed E-state index contributed by atoms with van der Waals surface area (Å²) in [5.74, 6) is 0.144. The maximum atomic E-state index is 13.7. The van der Waals surface area contributed by atoms with E-state index in [1.807, 2.05) is 0 Å². The average molecular weight is 439 g/mol. The third-order valence-corrected chi connectivity index (χ3v) is 4.14. The largest absolute Gasteiger partial charge is 0.497 e. The van der Waals surface area contributed by atoms with E-state index in [2.05, 4.69) is 9.98 Å². The zero-order valence-electron chi connectivity index (χ0n) is 17.6. The predicted octanol–water partition coefficient (Wildman–Crippen LogP) is 3.84. The Hall–Kier alpha value is -3.11. The van der Waals surface area contributed by atoms with E-state index in [-0.39, 0.29) is 18.4 Å². The molecule has 0 heterocycles. The summed E-state index contributed by atoms with van der Waals surface area (Å²) in [4.78, 5) is 8.52. The Bertz CT molecular complexity index is 928. The normalized spacial score (nSPS) is 13.8. The topological polar surface area (TPSA) is 87.7 Å². The monoisotopic (exact) mass is 439 g/mol. The highest BCUT2D eigenvalue weighted by Gasteiger charge is 2.36. The molecule has 1 atom stereocenters. The van der Waals surface area contributed by atoms with Crippen molar-refractivity contribution in [3.8, 4) is 11.5 Å². The van der Waals surface area contributed by atoms with Gasteiger partial charge in [-0.3, -0.25) is 0 Å². The standard InChI is InChI=1S/C21H24F3N3O4/c1-13(29-3)26-20(14-8-10-15(30-4)11-9-14)27-19(25)18-16(21(22,23)24)6-5-7-17(18)31-12-28-2/h5-11,13H,12H2,1-4H3,(H2,25,26,27). The highest BCUT2D eigenvalue weighted by molar-refractivity contribution is 6.12. The molecular weight excluding hydrogens is 415 g/mol. The molecule has 0 amide bonds. The van der Waals surface area contributed by atoms with Crippen LogP contribution in [0.15, 0.2) is 52.4 Å². The van der Waals surface area contributed by atoms with Gasteiger partial charge in [-0.2, -0.15) is 13.2 Å². The predicted molar refractivity (Wildman–Crippen MR) is 111 cm³/mol. The number of benzene rings is 2. The summed E-state index contributed by atoms with van der Waals surface area (Å²) in [7, 11) is 4.32. The van der Waals surface area contributed by atoms with Crippen LogP contribution in [-0.4, -0.2) is 46.0 Å². The van der Waals surface area contributed by atoms with Crippen molar-refractivity contribution in [3.63, 3.8) is 0 Å². The SMILES string of the molecule is COCOc1cccc(C(F)(F)F)c1C(N)=NC(=NC(C)OC)c1ccc(OC)cc1. The number of halogens is 3. The number of nitrogens with zero attached hydrogens (tertiary/aromatic N) is 2. The van der Waals surface area contributed by atoms with Gasteiger partial charge in [0.2, 0.25) is 0 Å². The Labute approximate surface area is 178 Å². The van der Waals surface area contributed by atoms with Crippen LogP contribution in [0.1, 0.15) is 23.6 Å². The molecule has 2 aromatic carbocycles. The molecule has 0 saturated heterocycles. The van der Waals surface area contributed by atoms with E-state index >= 15 is 0 Å². The Morgan fingerprint density at radius 1 is 1.06 bits per heavy atom. The van der Waals surface area contributed by atoms with E-state index in [9.17, 15) is 13.2 Å². The number of ether oxygens (including phenoxy) is 4. The molecule has 168 valence electrons. The van der Waals surface area contributed by atoms with Crippen LogP contribution >= 0.6 is 0 Å². The van der Waals surface area contributed by atoms with Gasteiger partial charge in [0.15, 0.2) is 12.6 Å². The first-order valence-electron chi connectivity index (χ1n) is 9.12. The van der Waals surface area contributed by atoms with Crippen molar-refractivity contribution in [1.82, 2.24) is 0 Å². The minimum Gasteiger partial charge on any atom is -0.497 e. The second kappa shape index (κ2) is 10.8. The lowest BCUT2D eigenvalue weighted by atomic mass is 10.0. The van der Waals surface area contributed by atoms with Gasteiger partial charge in [-0.25, -0.2) is 9.98 Å². The molecule has 0 radical (unpaired) electrons. The second-order valence-corrected chi connectivity index (χ2v) is 6.24. The molecule has 0 bridgehead atoms. The minimum atomic E-state index is -4.68. The Balaban J connectivity index is 2.64. The number of aliphatic imine (C=N–C) groups is 2. The molecule has 1 unspecified atom stereocenters. The van der Waals surface area contributed by atoms with Gasteiger partial charge in [0.05, 0.1) is 18.2 Å². The number of hydrogen-bond acceptors (Lipinski definition) is 5. The van der Waals surface area contributed by atoms with Crippen LogP contribution in [0.3, 0.4) is 0 Å². The number of nitrogens with two attached hydrogens (primary N) is 1. The number of methoxy groups -OCH3 is 3. The molecule has 31 heavy (non-hydrogen) atoms. The lowest BCUT2D eigenvalue weighted by molar-refractivity contribution is -0.137. The summed E-state index contributed by atoms with van der Waals surface area (Å²) in [6, 6.07) is 10.1. The fourth-order valence-corrected chi connectivity index (χ4v) is 2.58. The number of hydrogen-bond donors (Lipinski definition) is 1. The summed E-state index contributed by atoms with van der Waals surface area (Å²) >= 11 is 0. The molecule has 7 nitrogen and oxygen atoms in total. The highest BCUT2D eigenvalue weighted by Crippen LogP contribution is 2.36. The molecule has 0 spiro atoms. The summed E-state index contributed by atoms with van der Waals surface area (Å²) in [5, 5.41) is 0. The van der Waals surface area contributed by atoms with E-state index in [4.69, 9.17) is 24.7 Å². The lowest BCUT2D eigenvalue weighted by Crippen LogP contribution is -2.23. The molecule has 0 aromatic heterocycles. The molecular formula is C21H24F3N3O4. The lowest BCUT2D eigenvalue weighted by Gasteiger charge is -2.17. The maximum Gasteiger partial charge on any atom is 0.417 e. The first-order valence-corrected chi connectivity index (χ1v) is 9.12. The molecule has 0 saturated carbocycles. The van der Waals surface area contributed by atoms with Crippen molar-refractivity contribution in [2.45, 2.75) is 19.3 Å². The highest BCUT2D eigenvalue weighted by atomic mass is 19.4. The van der Waals surface area contributed by atoms with Crippen LogP contribution in [0.4, 0.5) is 13.2 Å². The Morgan fingerprint density at radius 2 is 1.74 bits per heavy atom. The van der Waals surface area contributed by atoms with Crippen LogP contribution in [0.5, 0.6) is 11.5 Å². The molecule has 2 aromatic rings. The third-order valence-electron chi connectivity index (χ3n) is 4.14. The van der Waals surface area contributed by atoms with Gasteiger partial charge in [-0.05, 0) is 43.3 Å². The van der Waals surface area contributed by atoms with Gasteiger partial charge in [0.25, 0.3) is 0 Å². The van der Waals surface area contributed by atoms with Gasteiger partial charge in [0, 0.05) is 19.8 Å². The third kappa shape index (κ3) is 6.43. The van der Waals surface area contributed by atoms with Gasteiger partial charge in [0.1, 0.15) is 23.6 Å². The Kier molecular flexibility index (Phi) is 8.40. The summed E-state index contributed by atoms with van der Waals surface area (Å²) in [5.41, 5.74) is 5.18. The first kappa shape index (κ1) is 24.2. The summed E-state index contributed by atoms with van der Waals surface area (Å²) in [6.07, 6.45) is -5.30. The number of alkyl halides is 3. The van der Waals surface area contributed by atoms with E-state index < -0.39 is 29.4 Å². The van der Waals surface area contributed by atoms with Crippen molar-refractivity contribution in [2.24, 2.45) is 15.7 Å². The first-order chi connectivity index (χ1) is 14.7. The zero-order valence-corrected chi connectivity index (χ0v) is 17.6. The molecule has 0 aliphatic rings. The van der Waals surface area contributed by atoms with Gasteiger partial charge in [-0.15, -0.1) is 0 Å². The van der Waals surface area contributed by atoms with Crippen molar-refractivity contribution in [3.05, 3.63) is 59.2 Å². The molecule has 0 aliphatic carbocycles. The number of amidine groups is 2. The molecule has 2 rings (SSSR count). The summed E-state index contributed by atoms with van der Waals surface area (Å²) in [6.45, 7) is 1.40. The van der Waals surface area contributed by atoms with Crippen LogP contribution in [0.25, 0.3) is 0 Å². The van der Waals surface area contributed by atoms with E-state index in [0.717, 1.165) is 6.07 Å². The van der Waals surface area contributed by atoms with Crippen LogP contribution in [0, 0.1) is 0 Å². The van der Waals surface area contributed by atoms with Crippen molar-refractivity contribution < 1.29 is 32.1 Å².